The van der Waals surface area contributed by atoms with E-state index in [0.717, 1.165) is 5.69 Å². The van der Waals surface area contributed by atoms with E-state index in [4.69, 9.17) is 0 Å². The number of ether oxygens (including phenoxy) is 1. The second kappa shape index (κ2) is 4.89. The molecule has 0 unspecified atom stereocenters. The zero-order valence-corrected chi connectivity index (χ0v) is 11.4. The molecule has 0 saturated carbocycles. The van der Waals surface area contributed by atoms with Crippen molar-refractivity contribution in [2.24, 2.45) is 0 Å². The molecule has 0 aliphatic carbocycles. The molecule has 1 heterocycles. The minimum atomic E-state index is -0.522. The van der Waals surface area contributed by atoms with Crippen molar-refractivity contribution in [1.29, 1.82) is 0 Å². The molecule has 0 atom stereocenters. The Morgan fingerprint density at radius 3 is 2.56 bits per heavy atom. The minimum Gasteiger partial charge on any atom is -0.464 e. The lowest BCUT2D eigenvalue weighted by molar-refractivity contribution is 0.0592. The molecule has 2 rings (SSSR count). The summed E-state index contributed by atoms with van der Waals surface area (Å²) in [5, 5.41) is 4.15. The predicted molar refractivity (Wildman–Crippen MR) is 67.3 cm³/mol. The molecule has 0 aliphatic heterocycles. The lowest BCUT2D eigenvalue weighted by Gasteiger charge is -2.03. The first-order valence-electron chi connectivity index (χ1n) is 5.14. The van der Waals surface area contributed by atoms with Gasteiger partial charge in [0.15, 0.2) is 5.69 Å². The van der Waals surface area contributed by atoms with Gasteiger partial charge in [-0.25, -0.2) is 13.9 Å². The third-order valence-corrected chi connectivity index (χ3v) is 3.44. The van der Waals surface area contributed by atoms with Crippen LogP contribution in [0.25, 0.3) is 5.69 Å². The average molecular weight is 313 g/mol. The van der Waals surface area contributed by atoms with Crippen LogP contribution >= 0.6 is 15.9 Å². The summed E-state index contributed by atoms with van der Waals surface area (Å²) in [6.45, 7) is 1.80. The van der Waals surface area contributed by atoms with Crippen LogP contribution in [0.2, 0.25) is 0 Å². The van der Waals surface area contributed by atoms with E-state index in [9.17, 15) is 9.18 Å². The van der Waals surface area contributed by atoms with Crippen molar-refractivity contribution < 1.29 is 13.9 Å². The second-order valence-electron chi connectivity index (χ2n) is 3.63. The number of benzene rings is 1. The molecule has 4 nitrogen and oxygen atoms in total. The highest BCUT2D eigenvalue weighted by atomic mass is 79.9. The molecule has 18 heavy (non-hydrogen) atoms. The maximum absolute atomic E-state index is 12.9. The van der Waals surface area contributed by atoms with Crippen LogP contribution in [-0.2, 0) is 4.74 Å². The summed E-state index contributed by atoms with van der Waals surface area (Å²) >= 11 is 3.30. The predicted octanol–water partition coefficient (Wildman–Crippen LogP) is 2.87. The highest BCUT2D eigenvalue weighted by molar-refractivity contribution is 9.10. The summed E-state index contributed by atoms with van der Waals surface area (Å²) in [7, 11) is 1.29. The first-order valence-corrected chi connectivity index (χ1v) is 5.93. The van der Waals surface area contributed by atoms with Crippen molar-refractivity contribution in [2.75, 3.05) is 7.11 Å². The Morgan fingerprint density at radius 1 is 1.39 bits per heavy atom. The SMILES string of the molecule is COC(=O)c1nn(-c2ccc(F)cc2)c(C)c1Br. The number of rotatable bonds is 2. The maximum atomic E-state index is 12.9. The Hall–Kier alpha value is -1.69. The van der Waals surface area contributed by atoms with Crippen LogP contribution in [0.3, 0.4) is 0 Å². The molecule has 6 heteroatoms. The van der Waals surface area contributed by atoms with Gasteiger partial charge < -0.3 is 4.74 Å². The fourth-order valence-corrected chi connectivity index (χ4v) is 1.95. The molecule has 2 aromatic rings. The van der Waals surface area contributed by atoms with E-state index in [2.05, 4.69) is 25.8 Å². The monoisotopic (exact) mass is 312 g/mol. The summed E-state index contributed by atoms with van der Waals surface area (Å²) in [6, 6.07) is 5.84. The van der Waals surface area contributed by atoms with Gasteiger partial charge in [-0.1, -0.05) is 0 Å². The lowest BCUT2D eigenvalue weighted by atomic mass is 10.3. The third-order valence-electron chi connectivity index (χ3n) is 2.49. The molecule has 0 amide bonds. The number of halogens is 2. The highest BCUT2D eigenvalue weighted by Gasteiger charge is 2.20. The molecule has 94 valence electrons. The quantitative estimate of drug-likeness (QED) is 0.801. The molecule has 0 N–H and O–H groups in total. The van der Waals surface area contributed by atoms with Gasteiger partial charge in [-0.3, -0.25) is 0 Å². The van der Waals surface area contributed by atoms with Crippen LogP contribution in [0.15, 0.2) is 28.7 Å². The summed E-state index contributed by atoms with van der Waals surface area (Å²) < 4.78 is 19.6. The molecular weight excluding hydrogens is 303 g/mol. The van der Waals surface area contributed by atoms with Gasteiger partial charge in [0.25, 0.3) is 0 Å². The number of carbonyl (C=O) groups is 1. The molecule has 0 radical (unpaired) electrons. The second-order valence-corrected chi connectivity index (χ2v) is 4.42. The van der Waals surface area contributed by atoms with E-state index in [1.54, 1.807) is 23.7 Å². The van der Waals surface area contributed by atoms with Crippen LogP contribution in [-0.4, -0.2) is 22.9 Å². The largest absolute Gasteiger partial charge is 0.464 e. The number of methoxy groups -OCH3 is 1. The van der Waals surface area contributed by atoms with Gasteiger partial charge in [-0.05, 0) is 47.1 Å². The Labute approximate surface area is 111 Å². The fraction of sp³-hybridized carbons (Fsp3) is 0.167. The van der Waals surface area contributed by atoms with Crippen molar-refractivity contribution in [1.82, 2.24) is 9.78 Å². The molecule has 0 aliphatic rings. The van der Waals surface area contributed by atoms with E-state index in [-0.39, 0.29) is 11.5 Å². The van der Waals surface area contributed by atoms with Crippen LogP contribution in [0.4, 0.5) is 4.39 Å². The summed E-state index contributed by atoms with van der Waals surface area (Å²) in [6.07, 6.45) is 0. The summed E-state index contributed by atoms with van der Waals surface area (Å²) in [4.78, 5) is 11.5. The maximum Gasteiger partial charge on any atom is 0.359 e. The standard InChI is InChI=1S/C12H10BrFN2O2/c1-7-10(13)11(12(17)18-2)15-16(7)9-5-3-8(14)4-6-9/h3-6H,1-2H3. The van der Waals surface area contributed by atoms with E-state index >= 15 is 0 Å². The van der Waals surface area contributed by atoms with Crippen LogP contribution in [0, 0.1) is 12.7 Å². The van der Waals surface area contributed by atoms with E-state index in [1.807, 2.05) is 0 Å². The molecule has 1 aromatic heterocycles. The van der Waals surface area contributed by atoms with Crippen molar-refractivity contribution in [2.45, 2.75) is 6.92 Å². The summed E-state index contributed by atoms with van der Waals surface area (Å²) in [5.41, 5.74) is 1.60. The summed E-state index contributed by atoms with van der Waals surface area (Å²) in [5.74, 6) is -0.846. The molecule has 0 bridgehead atoms. The van der Waals surface area contributed by atoms with Gasteiger partial charge >= 0.3 is 5.97 Å². The van der Waals surface area contributed by atoms with Gasteiger partial charge in [0.05, 0.1) is 23.0 Å². The lowest BCUT2D eigenvalue weighted by Crippen LogP contribution is -2.04. The van der Waals surface area contributed by atoms with Crippen LogP contribution < -0.4 is 0 Å². The highest BCUT2D eigenvalue weighted by Crippen LogP contribution is 2.24. The van der Waals surface area contributed by atoms with Gasteiger partial charge in [0.1, 0.15) is 5.82 Å². The number of aromatic nitrogens is 2. The number of carbonyl (C=O) groups excluding carboxylic acids is 1. The fourth-order valence-electron chi connectivity index (χ4n) is 1.54. The van der Waals surface area contributed by atoms with Crippen molar-refractivity contribution in [3.8, 4) is 5.69 Å². The topological polar surface area (TPSA) is 44.1 Å². The molecule has 1 aromatic carbocycles. The molecule has 0 saturated heterocycles. The van der Waals surface area contributed by atoms with Crippen molar-refractivity contribution in [3.05, 3.63) is 45.9 Å². The van der Waals surface area contributed by atoms with Crippen LogP contribution in [0.1, 0.15) is 16.2 Å². The minimum absolute atomic E-state index is 0.194. The Kier molecular flexibility index (Phi) is 3.47. The number of esters is 1. The Morgan fingerprint density at radius 2 is 2.00 bits per heavy atom. The first-order chi connectivity index (χ1) is 8.54. The van der Waals surface area contributed by atoms with Gasteiger partial charge in [-0.2, -0.15) is 5.10 Å². The molecular formula is C12H10BrFN2O2. The normalized spacial score (nSPS) is 10.4. The van der Waals surface area contributed by atoms with Crippen molar-refractivity contribution in [3.63, 3.8) is 0 Å². The third kappa shape index (κ3) is 2.15. The van der Waals surface area contributed by atoms with Crippen LogP contribution in [0.5, 0.6) is 0 Å². The van der Waals surface area contributed by atoms with Crippen molar-refractivity contribution >= 4 is 21.9 Å². The van der Waals surface area contributed by atoms with Gasteiger partial charge in [0, 0.05) is 0 Å². The number of hydrogen-bond acceptors (Lipinski definition) is 3. The smallest absolute Gasteiger partial charge is 0.359 e. The Bertz CT molecular complexity index is 593. The molecule has 0 spiro atoms. The first kappa shape index (κ1) is 12.8. The Balaban J connectivity index is 2.52. The zero-order valence-electron chi connectivity index (χ0n) is 9.78. The van der Waals surface area contributed by atoms with E-state index in [1.165, 1.54) is 19.2 Å². The number of nitrogens with zero attached hydrogens (tertiary/aromatic N) is 2. The van der Waals surface area contributed by atoms with E-state index in [0.29, 0.717) is 10.2 Å². The number of hydrogen-bond donors (Lipinski definition) is 0. The molecule has 0 fully saturated rings. The van der Waals surface area contributed by atoms with E-state index < -0.39 is 5.97 Å². The van der Waals surface area contributed by atoms with Gasteiger partial charge in [0.2, 0.25) is 0 Å². The average Bonchev–Trinajstić information content (AvgIpc) is 2.67. The zero-order chi connectivity index (χ0) is 13.3. The van der Waals surface area contributed by atoms with Gasteiger partial charge in [-0.15, -0.1) is 0 Å².